The van der Waals surface area contributed by atoms with E-state index < -0.39 is 7.29 Å². The SMILES string of the molecule is CC.CC.CN(C)P1(=O)[C@H](c2ccccc2)CC[C@H]1c1ccccc1. The smallest absolute Gasteiger partial charge is 0.164 e. The minimum absolute atomic E-state index is 0.152. The van der Waals surface area contributed by atoms with Gasteiger partial charge in [-0.2, -0.15) is 0 Å². The van der Waals surface area contributed by atoms with Gasteiger partial charge in [0.25, 0.3) is 0 Å². The normalized spacial score (nSPS) is 20.9. The van der Waals surface area contributed by atoms with Crippen LogP contribution in [0.1, 0.15) is 63.0 Å². The van der Waals surface area contributed by atoms with Gasteiger partial charge in [-0.3, -0.25) is 4.67 Å². The zero-order chi connectivity index (χ0) is 18.9. The fourth-order valence-electron chi connectivity index (χ4n) is 3.57. The summed E-state index contributed by atoms with van der Waals surface area (Å²) in [5, 5.41) is 0. The first-order valence-electron chi connectivity index (χ1n) is 9.51. The largest absolute Gasteiger partial charge is 0.305 e. The van der Waals surface area contributed by atoms with Crippen LogP contribution in [0.3, 0.4) is 0 Å². The van der Waals surface area contributed by atoms with Crippen molar-refractivity contribution in [3.63, 3.8) is 0 Å². The first kappa shape index (κ1) is 21.7. The van der Waals surface area contributed by atoms with Crippen LogP contribution in [0, 0.1) is 0 Å². The van der Waals surface area contributed by atoms with Crippen molar-refractivity contribution in [1.82, 2.24) is 4.67 Å². The van der Waals surface area contributed by atoms with Crippen molar-refractivity contribution in [2.45, 2.75) is 51.9 Å². The molecule has 3 rings (SSSR count). The van der Waals surface area contributed by atoms with Crippen LogP contribution in [0.4, 0.5) is 0 Å². The number of nitrogens with zero attached hydrogens (tertiary/aromatic N) is 1. The highest BCUT2D eigenvalue weighted by Gasteiger charge is 2.48. The molecule has 25 heavy (non-hydrogen) atoms. The lowest BCUT2D eigenvalue weighted by Crippen LogP contribution is -2.14. The third-order valence-electron chi connectivity index (χ3n) is 4.60. The molecular formula is C22H34NOP. The number of hydrogen-bond acceptors (Lipinski definition) is 1. The van der Waals surface area contributed by atoms with Crippen molar-refractivity contribution in [2.24, 2.45) is 0 Å². The molecule has 0 unspecified atom stereocenters. The fraction of sp³-hybridized carbons (Fsp3) is 0.455. The van der Waals surface area contributed by atoms with Gasteiger partial charge in [-0.15, -0.1) is 0 Å². The van der Waals surface area contributed by atoms with E-state index in [0.29, 0.717) is 0 Å². The first-order valence-corrected chi connectivity index (χ1v) is 11.3. The number of rotatable bonds is 3. The summed E-state index contributed by atoms with van der Waals surface area (Å²) in [5.41, 5.74) is 2.73. The molecule has 1 aliphatic rings. The van der Waals surface area contributed by atoms with E-state index in [1.54, 1.807) is 0 Å². The van der Waals surface area contributed by atoms with Crippen LogP contribution in [-0.2, 0) is 4.57 Å². The molecule has 2 aromatic carbocycles. The minimum Gasteiger partial charge on any atom is -0.305 e. The molecule has 3 heteroatoms. The Labute approximate surface area is 154 Å². The minimum atomic E-state index is -2.47. The van der Waals surface area contributed by atoms with E-state index in [-0.39, 0.29) is 11.3 Å². The maximum atomic E-state index is 13.9. The van der Waals surface area contributed by atoms with Gasteiger partial charge < -0.3 is 4.57 Å². The molecule has 0 amide bonds. The van der Waals surface area contributed by atoms with E-state index in [2.05, 4.69) is 24.3 Å². The maximum absolute atomic E-state index is 13.9. The van der Waals surface area contributed by atoms with Gasteiger partial charge in [-0.25, -0.2) is 0 Å². The summed E-state index contributed by atoms with van der Waals surface area (Å²) in [6, 6.07) is 20.7. The quantitative estimate of drug-likeness (QED) is 0.542. The lowest BCUT2D eigenvalue weighted by atomic mass is 10.0. The fourth-order valence-corrected chi connectivity index (χ4v) is 7.36. The molecule has 0 aromatic heterocycles. The highest BCUT2D eigenvalue weighted by molar-refractivity contribution is 7.62. The third kappa shape index (κ3) is 4.63. The van der Waals surface area contributed by atoms with Crippen molar-refractivity contribution in [1.29, 1.82) is 0 Å². The maximum Gasteiger partial charge on any atom is 0.164 e. The Hall–Kier alpha value is -1.37. The molecule has 0 radical (unpaired) electrons. The Balaban J connectivity index is 0.000000730. The van der Waals surface area contributed by atoms with E-state index in [0.717, 1.165) is 12.8 Å². The van der Waals surface area contributed by atoms with Gasteiger partial charge in [0.15, 0.2) is 7.29 Å². The summed E-state index contributed by atoms with van der Waals surface area (Å²) >= 11 is 0. The van der Waals surface area contributed by atoms with Crippen LogP contribution < -0.4 is 0 Å². The molecular weight excluding hydrogens is 325 g/mol. The summed E-state index contributed by atoms with van der Waals surface area (Å²) < 4.78 is 15.9. The van der Waals surface area contributed by atoms with Crippen molar-refractivity contribution in [2.75, 3.05) is 14.1 Å². The Morgan fingerprint density at radius 2 is 1.04 bits per heavy atom. The second kappa shape index (κ2) is 10.6. The lowest BCUT2D eigenvalue weighted by molar-refractivity contribution is 0.502. The summed E-state index contributed by atoms with van der Waals surface area (Å²) in [7, 11) is 1.47. The Morgan fingerprint density at radius 3 is 1.32 bits per heavy atom. The van der Waals surface area contributed by atoms with Crippen LogP contribution in [0.5, 0.6) is 0 Å². The van der Waals surface area contributed by atoms with Gasteiger partial charge in [-0.05, 0) is 38.1 Å². The highest BCUT2D eigenvalue weighted by atomic mass is 31.2. The molecule has 1 saturated heterocycles. The average molecular weight is 359 g/mol. The summed E-state index contributed by atoms with van der Waals surface area (Å²) in [6.45, 7) is 8.00. The van der Waals surface area contributed by atoms with Crippen LogP contribution in [-0.4, -0.2) is 18.8 Å². The number of benzene rings is 2. The van der Waals surface area contributed by atoms with Crippen LogP contribution >= 0.6 is 7.29 Å². The highest BCUT2D eigenvalue weighted by Crippen LogP contribution is 2.77. The van der Waals surface area contributed by atoms with E-state index in [1.807, 2.05) is 82.9 Å². The molecule has 0 N–H and O–H groups in total. The molecule has 0 aliphatic carbocycles. The number of hydrogen-bond donors (Lipinski definition) is 0. The second-order valence-electron chi connectivity index (χ2n) is 5.95. The zero-order valence-corrected chi connectivity index (χ0v) is 17.5. The van der Waals surface area contributed by atoms with Gasteiger partial charge in [-0.1, -0.05) is 88.4 Å². The molecule has 2 aromatic rings. The predicted octanol–water partition coefficient (Wildman–Crippen LogP) is 7.15. The van der Waals surface area contributed by atoms with Crippen molar-refractivity contribution in [3.05, 3.63) is 71.8 Å². The van der Waals surface area contributed by atoms with Gasteiger partial charge in [0.2, 0.25) is 0 Å². The molecule has 1 aliphatic heterocycles. The summed E-state index contributed by atoms with van der Waals surface area (Å²) in [5.74, 6) is 0. The van der Waals surface area contributed by atoms with Crippen molar-refractivity contribution >= 4 is 7.29 Å². The van der Waals surface area contributed by atoms with E-state index in [4.69, 9.17) is 0 Å². The molecule has 2 nitrogen and oxygen atoms in total. The van der Waals surface area contributed by atoms with Gasteiger partial charge in [0.1, 0.15) is 0 Å². The predicted molar refractivity (Wildman–Crippen MR) is 112 cm³/mol. The standard InChI is InChI=1S/C18H22NOP.2C2H6/c1-19(2)21(20)17(15-9-5-3-6-10-15)13-14-18(21)16-11-7-4-8-12-16;2*1-2/h3-12,17-18H,13-14H2,1-2H3;2*1-2H3/t17-,18-;;/m0../s1. The van der Waals surface area contributed by atoms with E-state index in [9.17, 15) is 4.57 Å². The topological polar surface area (TPSA) is 20.3 Å². The van der Waals surface area contributed by atoms with E-state index >= 15 is 0 Å². The third-order valence-corrected chi connectivity index (χ3v) is 8.75. The van der Waals surface area contributed by atoms with Gasteiger partial charge in [0.05, 0.1) is 11.3 Å². The molecule has 1 fully saturated rings. The molecule has 1 heterocycles. The Kier molecular flexibility index (Phi) is 9.17. The monoisotopic (exact) mass is 359 g/mol. The first-order chi connectivity index (χ1) is 12.1. The molecule has 0 spiro atoms. The summed E-state index contributed by atoms with van der Waals surface area (Å²) in [4.78, 5) is 0. The molecule has 2 atom stereocenters. The second-order valence-corrected chi connectivity index (χ2v) is 9.34. The molecule has 0 bridgehead atoms. The van der Waals surface area contributed by atoms with Gasteiger partial charge >= 0.3 is 0 Å². The lowest BCUT2D eigenvalue weighted by Gasteiger charge is -2.32. The summed E-state index contributed by atoms with van der Waals surface area (Å²) in [6.07, 6.45) is 2.00. The van der Waals surface area contributed by atoms with Crippen molar-refractivity contribution in [3.8, 4) is 0 Å². The molecule has 0 saturated carbocycles. The van der Waals surface area contributed by atoms with E-state index in [1.165, 1.54) is 11.1 Å². The van der Waals surface area contributed by atoms with Crippen LogP contribution in [0.25, 0.3) is 0 Å². The van der Waals surface area contributed by atoms with Gasteiger partial charge in [0, 0.05) is 0 Å². The van der Waals surface area contributed by atoms with Crippen LogP contribution in [0.15, 0.2) is 60.7 Å². The van der Waals surface area contributed by atoms with Crippen molar-refractivity contribution < 1.29 is 4.57 Å². The Bertz CT molecular complexity index is 588. The van der Waals surface area contributed by atoms with Crippen LogP contribution in [0.2, 0.25) is 0 Å². The zero-order valence-electron chi connectivity index (χ0n) is 16.6. The Morgan fingerprint density at radius 1 is 0.720 bits per heavy atom. The molecule has 138 valence electrons. The average Bonchev–Trinajstić information content (AvgIpc) is 3.05.